The van der Waals surface area contributed by atoms with Crippen LogP contribution in [0.4, 0.5) is 0 Å². The molecule has 1 aromatic carbocycles. The van der Waals surface area contributed by atoms with Crippen LogP contribution in [-0.2, 0) is 11.2 Å². The number of ether oxygens (including phenoxy) is 2. The molecule has 0 saturated heterocycles. The first kappa shape index (κ1) is 20.5. The summed E-state index contributed by atoms with van der Waals surface area (Å²) in [5.74, 6) is 1.59. The summed E-state index contributed by atoms with van der Waals surface area (Å²) < 4.78 is 11.2. The van der Waals surface area contributed by atoms with Crippen LogP contribution in [0.15, 0.2) is 53.1 Å². The molecular weight excluding hydrogens is 392 g/mol. The largest absolute Gasteiger partial charge is 0.497 e. The summed E-state index contributed by atoms with van der Waals surface area (Å²) in [6.07, 6.45) is 7.58. The van der Waals surface area contributed by atoms with Crippen LogP contribution in [0.25, 0.3) is 0 Å². The number of carbonyl (C=O) groups excluding carboxylic acids is 1. The molecule has 0 fully saturated rings. The van der Waals surface area contributed by atoms with Gasteiger partial charge in [0.2, 0.25) is 0 Å². The van der Waals surface area contributed by atoms with E-state index in [1.165, 1.54) is 5.57 Å². The SMILES string of the molecule is C\C=C(C(=O)C1COc2ccc(OC)cc2C1)/C(/C=C\CBr)=C(/C)CC. The van der Waals surface area contributed by atoms with Gasteiger partial charge in [0.05, 0.1) is 19.6 Å². The van der Waals surface area contributed by atoms with E-state index in [2.05, 4.69) is 29.8 Å². The van der Waals surface area contributed by atoms with Crippen molar-refractivity contribution in [3.05, 3.63) is 58.7 Å². The second-order valence-electron chi connectivity index (χ2n) is 6.36. The minimum Gasteiger partial charge on any atom is -0.497 e. The molecule has 140 valence electrons. The Hall–Kier alpha value is -1.81. The molecule has 1 atom stereocenters. The van der Waals surface area contributed by atoms with Crippen molar-refractivity contribution in [2.75, 3.05) is 19.0 Å². The Kier molecular flexibility index (Phi) is 7.70. The summed E-state index contributed by atoms with van der Waals surface area (Å²) in [6, 6.07) is 5.76. The van der Waals surface area contributed by atoms with Gasteiger partial charge < -0.3 is 9.47 Å². The van der Waals surface area contributed by atoms with Crippen molar-refractivity contribution < 1.29 is 14.3 Å². The summed E-state index contributed by atoms with van der Waals surface area (Å²) in [7, 11) is 1.65. The van der Waals surface area contributed by atoms with Gasteiger partial charge in [0.25, 0.3) is 0 Å². The van der Waals surface area contributed by atoms with Gasteiger partial charge in [-0.05, 0) is 56.0 Å². The highest BCUT2D eigenvalue weighted by molar-refractivity contribution is 9.09. The number of rotatable bonds is 7. The number of fused-ring (bicyclic) bond motifs is 1. The molecule has 0 radical (unpaired) electrons. The van der Waals surface area contributed by atoms with Crippen molar-refractivity contribution in [1.82, 2.24) is 0 Å². The highest BCUT2D eigenvalue weighted by Crippen LogP contribution is 2.33. The number of alkyl halides is 1. The Bertz CT molecular complexity index is 744. The first-order valence-corrected chi connectivity index (χ1v) is 10.1. The fourth-order valence-corrected chi connectivity index (χ4v) is 3.32. The molecule has 3 nitrogen and oxygen atoms in total. The molecule has 0 saturated carbocycles. The molecule has 1 aliphatic heterocycles. The highest BCUT2D eigenvalue weighted by Gasteiger charge is 2.29. The van der Waals surface area contributed by atoms with Gasteiger partial charge in [0.1, 0.15) is 11.5 Å². The van der Waals surface area contributed by atoms with E-state index in [0.717, 1.165) is 40.0 Å². The average molecular weight is 419 g/mol. The van der Waals surface area contributed by atoms with E-state index in [1.54, 1.807) is 7.11 Å². The smallest absolute Gasteiger partial charge is 0.169 e. The Balaban J connectivity index is 2.30. The van der Waals surface area contributed by atoms with Gasteiger partial charge in [-0.3, -0.25) is 4.79 Å². The monoisotopic (exact) mass is 418 g/mol. The number of carbonyl (C=O) groups is 1. The van der Waals surface area contributed by atoms with Crippen LogP contribution in [0.2, 0.25) is 0 Å². The molecule has 0 N–H and O–H groups in total. The molecule has 0 bridgehead atoms. The molecule has 0 aromatic heterocycles. The first-order chi connectivity index (χ1) is 12.5. The summed E-state index contributed by atoms with van der Waals surface area (Å²) in [5, 5.41) is 0.762. The molecule has 0 aliphatic carbocycles. The van der Waals surface area contributed by atoms with Crippen LogP contribution in [0, 0.1) is 5.92 Å². The van der Waals surface area contributed by atoms with Gasteiger partial charge in [-0.2, -0.15) is 0 Å². The molecule has 26 heavy (non-hydrogen) atoms. The Labute approximate surface area is 164 Å². The number of ketones is 1. The summed E-state index contributed by atoms with van der Waals surface area (Å²) in [4.78, 5) is 13.3. The predicted octanol–water partition coefficient (Wildman–Crippen LogP) is 5.44. The van der Waals surface area contributed by atoms with Gasteiger partial charge in [0.15, 0.2) is 5.78 Å². The quantitative estimate of drug-likeness (QED) is 0.336. The van der Waals surface area contributed by atoms with Crippen LogP contribution in [-0.4, -0.2) is 24.8 Å². The third-order valence-corrected chi connectivity index (χ3v) is 5.13. The summed E-state index contributed by atoms with van der Waals surface area (Å²) in [6.45, 7) is 6.54. The van der Waals surface area contributed by atoms with Crippen molar-refractivity contribution in [2.45, 2.75) is 33.6 Å². The second kappa shape index (κ2) is 9.77. The lowest BCUT2D eigenvalue weighted by atomic mass is 9.85. The number of allylic oxidation sites excluding steroid dienone is 6. The fraction of sp³-hybridized carbons (Fsp3) is 0.409. The Morgan fingerprint density at radius 3 is 2.81 bits per heavy atom. The van der Waals surface area contributed by atoms with Crippen LogP contribution in [0.3, 0.4) is 0 Å². The van der Waals surface area contributed by atoms with Gasteiger partial charge in [-0.25, -0.2) is 0 Å². The van der Waals surface area contributed by atoms with Crippen LogP contribution >= 0.6 is 15.9 Å². The Morgan fingerprint density at radius 1 is 1.42 bits per heavy atom. The number of hydrogen-bond acceptors (Lipinski definition) is 3. The average Bonchev–Trinajstić information content (AvgIpc) is 2.69. The summed E-state index contributed by atoms with van der Waals surface area (Å²) >= 11 is 3.42. The molecular formula is C22H27BrO3. The lowest BCUT2D eigenvalue weighted by Gasteiger charge is -2.26. The van der Waals surface area contributed by atoms with Crippen LogP contribution in [0.1, 0.15) is 32.8 Å². The number of halogens is 1. The summed E-state index contributed by atoms with van der Waals surface area (Å²) in [5.41, 5.74) is 4.04. The molecule has 4 heteroatoms. The molecule has 0 amide bonds. The van der Waals surface area contributed by atoms with E-state index < -0.39 is 0 Å². The van der Waals surface area contributed by atoms with E-state index in [0.29, 0.717) is 13.0 Å². The topological polar surface area (TPSA) is 35.5 Å². The minimum absolute atomic E-state index is 0.142. The van der Waals surface area contributed by atoms with E-state index in [-0.39, 0.29) is 11.7 Å². The zero-order valence-corrected chi connectivity index (χ0v) is 17.6. The molecule has 1 unspecified atom stereocenters. The van der Waals surface area contributed by atoms with E-state index in [4.69, 9.17) is 9.47 Å². The predicted molar refractivity (Wildman–Crippen MR) is 110 cm³/mol. The van der Waals surface area contributed by atoms with Gasteiger partial charge in [-0.1, -0.05) is 46.7 Å². The number of hydrogen-bond donors (Lipinski definition) is 0. The Morgan fingerprint density at radius 2 is 2.19 bits per heavy atom. The van der Waals surface area contributed by atoms with Gasteiger partial charge in [-0.15, -0.1) is 0 Å². The molecule has 2 rings (SSSR count). The fourth-order valence-electron chi connectivity index (χ4n) is 3.13. The zero-order chi connectivity index (χ0) is 19.1. The first-order valence-electron chi connectivity index (χ1n) is 8.98. The molecule has 1 aromatic rings. The third-order valence-electron chi connectivity index (χ3n) is 4.75. The lowest BCUT2D eigenvalue weighted by molar-refractivity contribution is -0.120. The molecule has 1 heterocycles. The van der Waals surface area contributed by atoms with Gasteiger partial charge in [0, 0.05) is 10.9 Å². The van der Waals surface area contributed by atoms with E-state index >= 15 is 0 Å². The van der Waals surface area contributed by atoms with E-state index in [9.17, 15) is 4.79 Å². The van der Waals surface area contributed by atoms with Crippen molar-refractivity contribution in [2.24, 2.45) is 5.92 Å². The standard InChI is InChI=1S/C22H27BrO3/c1-5-15(3)20(8-7-11-23)19(6-2)22(24)17-12-16-13-18(25-4)9-10-21(16)26-14-17/h6-10,13,17H,5,11-12,14H2,1-4H3/b8-7-,19-6+,20-15-. The normalized spacial score (nSPS) is 18.2. The van der Waals surface area contributed by atoms with Crippen molar-refractivity contribution in [1.29, 1.82) is 0 Å². The van der Waals surface area contributed by atoms with Crippen LogP contribution < -0.4 is 9.47 Å². The molecule has 0 spiro atoms. The third kappa shape index (κ3) is 4.67. The highest BCUT2D eigenvalue weighted by atomic mass is 79.9. The minimum atomic E-state index is -0.183. The maximum Gasteiger partial charge on any atom is 0.169 e. The van der Waals surface area contributed by atoms with Crippen LogP contribution in [0.5, 0.6) is 11.5 Å². The van der Waals surface area contributed by atoms with Crippen molar-refractivity contribution in [3.8, 4) is 11.5 Å². The second-order valence-corrected chi connectivity index (χ2v) is 7.00. The van der Waals surface area contributed by atoms with Gasteiger partial charge >= 0.3 is 0 Å². The van der Waals surface area contributed by atoms with Crippen molar-refractivity contribution in [3.63, 3.8) is 0 Å². The lowest BCUT2D eigenvalue weighted by Crippen LogP contribution is -2.29. The molecule has 1 aliphatic rings. The number of methoxy groups -OCH3 is 1. The number of benzene rings is 1. The zero-order valence-electron chi connectivity index (χ0n) is 16.0. The number of Topliss-reactive ketones (excluding diaryl/α,β-unsaturated/α-hetero) is 1. The maximum absolute atomic E-state index is 13.3. The van der Waals surface area contributed by atoms with Crippen molar-refractivity contribution >= 4 is 21.7 Å². The van der Waals surface area contributed by atoms with E-state index in [1.807, 2.05) is 43.4 Å². The maximum atomic E-state index is 13.3.